The average Bonchev–Trinajstić information content (AvgIpc) is 3.23. The number of hydrogen-bond donors (Lipinski definition) is 1. The molecule has 0 radical (unpaired) electrons. The van der Waals surface area contributed by atoms with E-state index in [4.69, 9.17) is 0 Å². The molecule has 1 unspecified atom stereocenters. The van der Waals surface area contributed by atoms with Gasteiger partial charge in [-0.05, 0) is 37.5 Å². The van der Waals surface area contributed by atoms with Gasteiger partial charge < -0.3 is 10.2 Å². The Bertz CT molecular complexity index is 489. The lowest BCUT2D eigenvalue weighted by atomic mass is 9.96. The van der Waals surface area contributed by atoms with Crippen molar-refractivity contribution in [2.24, 2.45) is 17.8 Å². The highest BCUT2D eigenvalue weighted by Gasteiger charge is 2.56. The first kappa shape index (κ1) is 17.8. The van der Waals surface area contributed by atoms with Crippen molar-refractivity contribution in [3.05, 3.63) is 0 Å². The lowest BCUT2D eigenvalue weighted by molar-refractivity contribution is -0.139. The summed E-state index contributed by atoms with van der Waals surface area (Å²) < 4.78 is 0. The molecule has 130 valence electrons. The summed E-state index contributed by atoms with van der Waals surface area (Å²) in [6.07, 6.45) is 1.91. The maximum atomic E-state index is 12.6. The summed E-state index contributed by atoms with van der Waals surface area (Å²) in [7, 11) is 0. The molecule has 0 aromatic heterocycles. The van der Waals surface area contributed by atoms with Crippen LogP contribution in [0.15, 0.2) is 0 Å². The van der Waals surface area contributed by atoms with Crippen molar-refractivity contribution in [3.63, 3.8) is 0 Å². The highest BCUT2D eigenvalue weighted by atomic mass is 16.2. The molecule has 1 saturated carbocycles. The molecular weight excluding hydrogens is 294 g/mol. The van der Waals surface area contributed by atoms with Gasteiger partial charge in [0.15, 0.2) is 0 Å². The summed E-state index contributed by atoms with van der Waals surface area (Å²) in [5.74, 6) is 0.486. The van der Waals surface area contributed by atoms with Gasteiger partial charge in [0.2, 0.25) is 5.91 Å². The summed E-state index contributed by atoms with van der Waals surface area (Å²) in [4.78, 5) is 40.2. The zero-order valence-electron chi connectivity index (χ0n) is 14.9. The van der Waals surface area contributed by atoms with Crippen LogP contribution in [-0.4, -0.2) is 52.8 Å². The molecule has 0 aromatic rings. The number of hydrogen-bond acceptors (Lipinski definition) is 3. The first-order chi connectivity index (χ1) is 10.6. The minimum absolute atomic E-state index is 0.157. The fourth-order valence-corrected chi connectivity index (χ4v) is 3.19. The largest absolute Gasteiger partial charge is 0.341 e. The van der Waals surface area contributed by atoms with Gasteiger partial charge in [-0.3, -0.25) is 14.5 Å². The lowest BCUT2D eigenvalue weighted by Crippen LogP contribution is -2.48. The SMILES string of the molecule is CC(C)CN(CC(C)C)C(=O)CN1C(=O)NC(C)(C2CC2)C1=O. The van der Waals surface area contributed by atoms with Crippen molar-refractivity contribution in [2.45, 2.75) is 53.0 Å². The second-order valence-corrected chi connectivity index (χ2v) is 7.88. The fourth-order valence-electron chi connectivity index (χ4n) is 3.19. The Morgan fingerprint density at radius 3 is 2.17 bits per heavy atom. The average molecular weight is 323 g/mol. The Labute approximate surface area is 138 Å². The maximum Gasteiger partial charge on any atom is 0.325 e. The van der Waals surface area contributed by atoms with Crippen molar-refractivity contribution < 1.29 is 14.4 Å². The van der Waals surface area contributed by atoms with Crippen LogP contribution in [0, 0.1) is 17.8 Å². The smallest absolute Gasteiger partial charge is 0.325 e. The third-order valence-corrected chi connectivity index (χ3v) is 4.51. The van der Waals surface area contributed by atoms with Gasteiger partial charge in [0.25, 0.3) is 5.91 Å². The molecule has 2 rings (SSSR count). The summed E-state index contributed by atoms with van der Waals surface area (Å²) in [6, 6.07) is -0.438. The van der Waals surface area contributed by atoms with E-state index < -0.39 is 11.6 Å². The Balaban J connectivity index is 2.05. The van der Waals surface area contributed by atoms with E-state index in [2.05, 4.69) is 33.0 Å². The van der Waals surface area contributed by atoms with E-state index in [0.717, 1.165) is 17.7 Å². The highest BCUT2D eigenvalue weighted by Crippen LogP contribution is 2.42. The van der Waals surface area contributed by atoms with Crippen molar-refractivity contribution in [1.82, 2.24) is 15.1 Å². The van der Waals surface area contributed by atoms with Crippen molar-refractivity contribution in [3.8, 4) is 0 Å². The monoisotopic (exact) mass is 323 g/mol. The summed E-state index contributed by atoms with van der Waals surface area (Å²) >= 11 is 0. The van der Waals surface area contributed by atoms with E-state index in [1.54, 1.807) is 11.8 Å². The van der Waals surface area contributed by atoms with Crippen LogP contribution < -0.4 is 5.32 Å². The molecule has 0 spiro atoms. The molecule has 1 heterocycles. The van der Waals surface area contributed by atoms with Crippen LogP contribution in [0.25, 0.3) is 0 Å². The van der Waals surface area contributed by atoms with Crippen molar-refractivity contribution in [2.75, 3.05) is 19.6 Å². The molecule has 1 aliphatic heterocycles. The summed E-state index contributed by atoms with van der Waals surface area (Å²) in [6.45, 7) is 11.1. The summed E-state index contributed by atoms with van der Waals surface area (Å²) in [5, 5.41) is 2.78. The number of nitrogens with zero attached hydrogens (tertiary/aromatic N) is 2. The minimum Gasteiger partial charge on any atom is -0.341 e. The van der Waals surface area contributed by atoms with Gasteiger partial charge in [-0.15, -0.1) is 0 Å². The van der Waals surface area contributed by atoms with E-state index in [0.29, 0.717) is 24.9 Å². The molecule has 0 bridgehead atoms. The Kier molecular flexibility index (Phi) is 5.01. The molecule has 23 heavy (non-hydrogen) atoms. The fraction of sp³-hybridized carbons (Fsp3) is 0.824. The van der Waals surface area contributed by atoms with Gasteiger partial charge in [-0.1, -0.05) is 27.7 Å². The van der Waals surface area contributed by atoms with Gasteiger partial charge >= 0.3 is 6.03 Å². The van der Waals surface area contributed by atoms with Crippen molar-refractivity contribution in [1.29, 1.82) is 0 Å². The highest BCUT2D eigenvalue weighted by molar-refractivity contribution is 6.09. The van der Waals surface area contributed by atoms with Crippen LogP contribution in [0.2, 0.25) is 0 Å². The van der Waals surface area contributed by atoms with Crippen LogP contribution in [0.5, 0.6) is 0 Å². The molecule has 1 N–H and O–H groups in total. The molecule has 1 atom stereocenters. The molecular formula is C17H29N3O3. The van der Waals surface area contributed by atoms with Crippen LogP contribution in [0.4, 0.5) is 4.79 Å². The first-order valence-corrected chi connectivity index (χ1v) is 8.57. The predicted molar refractivity (Wildman–Crippen MR) is 87.6 cm³/mol. The van der Waals surface area contributed by atoms with Gasteiger partial charge in [0.1, 0.15) is 12.1 Å². The molecule has 2 fully saturated rings. The molecule has 1 aliphatic carbocycles. The Morgan fingerprint density at radius 2 is 1.74 bits per heavy atom. The Morgan fingerprint density at radius 1 is 1.22 bits per heavy atom. The standard InChI is InChI=1S/C17H29N3O3/c1-11(2)8-19(9-12(3)4)14(21)10-20-15(22)17(5,13-6-7-13)18-16(20)23/h11-13H,6-10H2,1-5H3,(H,18,23). The van der Waals surface area contributed by atoms with E-state index >= 15 is 0 Å². The molecule has 6 nitrogen and oxygen atoms in total. The number of nitrogens with one attached hydrogen (secondary N) is 1. The van der Waals surface area contributed by atoms with Crippen LogP contribution in [0.3, 0.4) is 0 Å². The van der Waals surface area contributed by atoms with E-state index in [-0.39, 0.29) is 24.3 Å². The number of carbonyl (C=O) groups excluding carboxylic acids is 3. The van der Waals surface area contributed by atoms with Crippen LogP contribution >= 0.6 is 0 Å². The zero-order chi connectivity index (χ0) is 17.4. The topological polar surface area (TPSA) is 69.7 Å². The normalized spacial score (nSPS) is 24.6. The van der Waals surface area contributed by atoms with Gasteiger partial charge in [0, 0.05) is 13.1 Å². The summed E-state index contributed by atoms with van der Waals surface area (Å²) in [5.41, 5.74) is -0.821. The number of rotatable bonds is 7. The number of imide groups is 1. The lowest BCUT2D eigenvalue weighted by Gasteiger charge is -2.28. The van der Waals surface area contributed by atoms with Gasteiger partial charge in [-0.25, -0.2) is 4.79 Å². The number of amides is 4. The second kappa shape index (κ2) is 6.49. The van der Waals surface area contributed by atoms with E-state index in [1.165, 1.54) is 0 Å². The molecule has 4 amide bonds. The van der Waals surface area contributed by atoms with Gasteiger partial charge in [-0.2, -0.15) is 0 Å². The van der Waals surface area contributed by atoms with Crippen LogP contribution in [-0.2, 0) is 9.59 Å². The third-order valence-electron chi connectivity index (χ3n) is 4.51. The van der Waals surface area contributed by atoms with Gasteiger partial charge in [0.05, 0.1) is 0 Å². The Hall–Kier alpha value is -1.59. The molecule has 6 heteroatoms. The van der Waals surface area contributed by atoms with E-state index in [9.17, 15) is 14.4 Å². The minimum atomic E-state index is -0.821. The third kappa shape index (κ3) is 3.85. The molecule has 1 saturated heterocycles. The zero-order valence-corrected chi connectivity index (χ0v) is 14.9. The van der Waals surface area contributed by atoms with E-state index in [1.807, 2.05) is 0 Å². The molecule has 2 aliphatic rings. The maximum absolute atomic E-state index is 12.6. The van der Waals surface area contributed by atoms with Crippen molar-refractivity contribution >= 4 is 17.8 Å². The predicted octanol–water partition coefficient (Wildman–Crippen LogP) is 1.85. The molecule has 0 aromatic carbocycles. The number of carbonyl (C=O) groups is 3. The number of urea groups is 1. The quantitative estimate of drug-likeness (QED) is 0.727. The first-order valence-electron chi connectivity index (χ1n) is 8.57. The second-order valence-electron chi connectivity index (χ2n) is 7.88. The van der Waals surface area contributed by atoms with Crippen LogP contribution in [0.1, 0.15) is 47.5 Å².